The molecule has 0 heterocycles. The summed E-state index contributed by atoms with van der Waals surface area (Å²) in [7, 11) is 0. The Labute approximate surface area is 69.7 Å². The lowest BCUT2D eigenvalue weighted by Gasteiger charge is -2.29. The SMILES string of the molecule is C=CCC(F)(F)C(O)(F)C(F)(F)F. The van der Waals surface area contributed by atoms with E-state index >= 15 is 0 Å². The van der Waals surface area contributed by atoms with E-state index in [4.69, 9.17) is 5.11 Å². The van der Waals surface area contributed by atoms with Crippen LogP contribution in [-0.4, -0.2) is 23.1 Å². The van der Waals surface area contributed by atoms with Crippen molar-refractivity contribution in [2.75, 3.05) is 0 Å². The van der Waals surface area contributed by atoms with Crippen LogP contribution in [0, 0.1) is 0 Å². The number of halogens is 6. The first-order valence-corrected chi connectivity index (χ1v) is 3.03. The Kier molecular flexibility index (Phi) is 3.03. The molecule has 0 bridgehead atoms. The van der Waals surface area contributed by atoms with E-state index in [1.165, 1.54) is 0 Å². The van der Waals surface area contributed by atoms with Crippen molar-refractivity contribution >= 4 is 0 Å². The van der Waals surface area contributed by atoms with Crippen molar-refractivity contribution in [3.05, 3.63) is 12.7 Å². The lowest BCUT2D eigenvalue weighted by molar-refractivity contribution is -0.384. The number of hydrogen-bond acceptors (Lipinski definition) is 1. The average Bonchev–Trinajstić information content (AvgIpc) is 1.84. The molecule has 13 heavy (non-hydrogen) atoms. The zero-order chi connectivity index (χ0) is 10.9. The van der Waals surface area contributed by atoms with E-state index in [0.29, 0.717) is 6.08 Å². The predicted octanol–water partition coefficient (Wildman–Crippen LogP) is 2.42. The quantitative estimate of drug-likeness (QED) is 0.557. The van der Waals surface area contributed by atoms with Gasteiger partial charge in [0.15, 0.2) is 0 Å². The molecular weight excluding hydrogens is 202 g/mol. The van der Waals surface area contributed by atoms with Gasteiger partial charge in [-0.1, -0.05) is 6.08 Å². The molecule has 1 atom stereocenters. The number of allylic oxidation sites excluding steroid dienone is 1. The van der Waals surface area contributed by atoms with Crippen LogP contribution in [0.3, 0.4) is 0 Å². The van der Waals surface area contributed by atoms with Crippen LogP contribution in [0.2, 0.25) is 0 Å². The second-order valence-corrected chi connectivity index (χ2v) is 2.32. The first-order valence-electron chi connectivity index (χ1n) is 3.03. The van der Waals surface area contributed by atoms with Gasteiger partial charge in [0.2, 0.25) is 0 Å². The summed E-state index contributed by atoms with van der Waals surface area (Å²) in [6.45, 7) is 2.72. The first-order chi connectivity index (χ1) is 5.56. The minimum atomic E-state index is -6.03. The summed E-state index contributed by atoms with van der Waals surface area (Å²) in [5.41, 5.74) is 0. The largest absolute Gasteiger partial charge is 0.454 e. The van der Waals surface area contributed by atoms with Gasteiger partial charge < -0.3 is 5.11 Å². The summed E-state index contributed by atoms with van der Waals surface area (Å²) >= 11 is 0. The smallest absolute Gasteiger partial charge is 0.350 e. The fourth-order valence-electron chi connectivity index (χ4n) is 0.524. The van der Waals surface area contributed by atoms with Crippen molar-refractivity contribution in [3.8, 4) is 0 Å². The fraction of sp³-hybridized carbons (Fsp3) is 0.667. The summed E-state index contributed by atoms with van der Waals surface area (Å²) < 4.78 is 71.3. The third-order valence-corrected chi connectivity index (χ3v) is 1.26. The molecule has 0 aromatic carbocycles. The molecule has 0 aromatic rings. The molecule has 0 spiro atoms. The molecule has 0 aliphatic rings. The Hall–Kier alpha value is -0.720. The summed E-state index contributed by atoms with van der Waals surface area (Å²) in [5.74, 6) is -10.4. The molecule has 7 heteroatoms. The van der Waals surface area contributed by atoms with Gasteiger partial charge >= 0.3 is 18.0 Å². The van der Waals surface area contributed by atoms with E-state index in [-0.39, 0.29) is 0 Å². The normalized spacial score (nSPS) is 18.1. The van der Waals surface area contributed by atoms with Crippen molar-refractivity contribution in [2.24, 2.45) is 0 Å². The fourth-order valence-corrected chi connectivity index (χ4v) is 0.524. The molecule has 0 aliphatic carbocycles. The average molecular weight is 208 g/mol. The molecule has 0 saturated heterocycles. The Balaban J connectivity index is 4.91. The maximum Gasteiger partial charge on any atom is 0.454 e. The van der Waals surface area contributed by atoms with E-state index in [1.807, 2.05) is 0 Å². The van der Waals surface area contributed by atoms with Gasteiger partial charge in [-0.15, -0.1) is 6.58 Å². The van der Waals surface area contributed by atoms with Gasteiger partial charge in [-0.25, -0.2) is 0 Å². The maximum atomic E-state index is 12.3. The second-order valence-electron chi connectivity index (χ2n) is 2.32. The predicted molar refractivity (Wildman–Crippen MR) is 31.9 cm³/mol. The lowest BCUT2D eigenvalue weighted by Crippen LogP contribution is -2.55. The highest BCUT2D eigenvalue weighted by Crippen LogP contribution is 2.44. The highest BCUT2D eigenvalue weighted by atomic mass is 19.4. The van der Waals surface area contributed by atoms with Crippen molar-refractivity contribution in [2.45, 2.75) is 24.4 Å². The summed E-state index contributed by atoms with van der Waals surface area (Å²) in [4.78, 5) is 0. The second kappa shape index (κ2) is 3.21. The van der Waals surface area contributed by atoms with E-state index in [9.17, 15) is 26.3 Å². The van der Waals surface area contributed by atoms with E-state index in [0.717, 1.165) is 0 Å². The Bertz CT molecular complexity index is 194. The summed E-state index contributed by atoms with van der Waals surface area (Å²) in [5, 5.41) is 7.92. The van der Waals surface area contributed by atoms with Gasteiger partial charge in [0.1, 0.15) is 0 Å². The van der Waals surface area contributed by atoms with Crippen LogP contribution in [0.25, 0.3) is 0 Å². The Morgan fingerprint density at radius 1 is 1.08 bits per heavy atom. The summed E-state index contributed by atoms with van der Waals surface area (Å²) in [6, 6.07) is 0. The molecule has 1 unspecified atom stereocenters. The van der Waals surface area contributed by atoms with Crippen LogP contribution in [0.1, 0.15) is 6.42 Å². The minimum Gasteiger partial charge on any atom is -0.350 e. The molecule has 0 rings (SSSR count). The molecule has 0 fully saturated rings. The van der Waals surface area contributed by atoms with Gasteiger partial charge in [-0.3, -0.25) is 0 Å². The third kappa shape index (κ3) is 2.15. The zero-order valence-corrected chi connectivity index (χ0v) is 6.21. The van der Waals surface area contributed by atoms with E-state index in [2.05, 4.69) is 6.58 Å². The lowest BCUT2D eigenvalue weighted by atomic mass is 10.1. The van der Waals surface area contributed by atoms with Crippen LogP contribution in [0.4, 0.5) is 26.3 Å². The van der Waals surface area contributed by atoms with E-state index in [1.54, 1.807) is 0 Å². The first kappa shape index (κ1) is 12.3. The maximum absolute atomic E-state index is 12.3. The van der Waals surface area contributed by atoms with Crippen molar-refractivity contribution in [1.29, 1.82) is 0 Å². The summed E-state index contributed by atoms with van der Waals surface area (Å²) in [6.07, 6.45) is -7.24. The standard InChI is InChI=1S/C6H6F6O/c1-2-3-4(7,8)5(9,13)6(10,11)12/h2,13H,1,3H2. The molecule has 0 radical (unpaired) electrons. The van der Waals surface area contributed by atoms with Gasteiger partial charge in [-0.05, 0) is 0 Å². The molecule has 0 aliphatic heterocycles. The van der Waals surface area contributed by atoms with Crippen LogP contribution in [-0.2, 0) is 0 Å². The van der Waals surface area contributed by atoms with Gasteiger partial charge in [0, 0.05) is 6.42 Å². The van der Waals surface area contributed by atoms with Crippen molar-refractivity contribution in [1.82, 2.24) is 0 Å². The van der Waals surface area contributed by atoms with Crippen LogP contribution in [0.15, 0.2) is 12.7 Å². The molecule has 0 amide bonds. The Morgan fingerprint density at radius 3 is 1.69 bits per heavy atom. The van der Waals surface area contributed by atoms with Crippen LogP contribution in [0.5, 0.6) is 0 Å². The minimum absolute atomic E-state index is 0.385. The molecule has 1 N–H and O–H groups in total. The number of alkyl halides is 6. The van der Waals surface area contributed by atoms with Gasteiger partial charge in [0.25, 0.3) is 0 Å². The molecule has 0 saturated carbocycles. The molecule has 1 nitrogen and oxygen atoms in total. The highest BCUT2D eigenvalue weighted by molar-refractivity contribution is 4.94. The number of aliphatic hydroxyl groups is 1. The Morgan fingerprint density at radius 2 is 1.46 bits per heavy atom. The van der Waals surface area contributed by atoms with Crippen molar-refractivity contribution < 1.29 is 31.4 Å². The number of rotatable bonds is 3. The topological polar surface area (TPSA) is 20.2 Å². The number of hydrogen-bond donors (Lipinski definition) is 1. The van der Waals surface area contributed by atoms with Crippen molar-refractivity contribution in [3.63, 3.8) is 0 Å². The zero-order valence-electron chi connectivity index (χ0n) is 6.21. The van der Waals surface area contributed by atoms with E-state index < -0.39 is 24.4 Å². The molecular formula is C6H6F6O. The third-order valence-electron chi connectivity index (χ3n) is 1.26. The van der Waals surface area contributed by atoms with Crippen LogP contribution >= 0.6 is 0 Å². The van der Waals surface area contributed by atoms with Crippen LogP contribution < -0.4 is 0 Å². The monoisotopic (exact) mass is 208 g/mol. The molecule has 0 aromatic heterocycles. The van der Waals surface area contributed by atoms with Gasteiger partial charge in [-0.2, -0.15) is 26.3 Å². The highest BCUT2D eigenvalue weighted by Gasteiger charge is 2.70. The van der Waals surface area contributed by atoms with Gasteiger partial charge in [0.05, 0.1) is 0 Å². The molecule has 78 valence electrons.